The summed E-state index contributed by atoms with van der Waals surface area (Å²) in [6, 6.07) is 14.0. The number of aryl methyl sites for hydroxylation is 3. The van der Waals surface area contributed by atoms with Crippen LogP contribution in [0, 0.1) is 0 Å². The number of benzene rings is 2. The van der Waals surface area contributed by atoms with E-state index >= 15 is 0 Å². The number of hydrogen-bond acceptors (Lipinski definition) is 3. The van der Waals surface area contributed by atoms with Gasteiger partial charge in [0.2, 0.25) is 0 Å². The molecule has 2 aromatic carbocycles. The van der Waals surface area contributed by atoms with E-state index in [0.717, 1.165) is 49.7 Å². The molecule has 0 aliphatic carbocycles. The van der Waals surface area contributed by atoms with Crippen LogP contribution in [-0.4, -0.2) is 12.2 Å². The number of hydrogen-bond donors (Lipinski definition) is 0. The number of unbranched alkanes of at least 4 members (excludes halogenated alkanes) is 2. The van der Waals surface area contributed by atoms with Crippen LogP contribution in [0.1, 0.15) is 72.6 Å². The van der Waals surface area contributed by atoms with Crippen molar-refractivity contribution in [1.29, 1.82) is 0 Å². The van der Waals surface area contributed by atoms with Crippen molar-refractivity contribution in [1.82, 2.24) is 0 Å². The quantitative estimate of drug-likeness (QED) is 0.250. The van der Waals surface area contributed by atoms with Crippen molar-refractivity contribution in [2.45, 2.75) is 59.3 Å². The lowest BCUT2D eigenvalue weighted by molar-refractivity contribution is 0.0518. The maximum Gasteiger partial charge on any atom is 0.365 e. The zero-order valence-electron chi connectivity index (χ0n) is 16.1. The molecule has 0 N–H and O–H groups in total. The summed E-state index contributed by atoms with van der Waals surface area (Å²) in [5.41, 5.74) is 5.11. The Balaban J connectivity index is 2.05. The molecule has 0 saturated carbocycles. The molecule has 2 aromatic rings. The summed E-state index contributed by atoms with van der Waals surface area (Å²) in [7, 11) is 0. The summed E-state index contributed by atoms with van der Waals surface area (Å²) in [5, 5.41) is 3.88. The lowest BCUT2D eigenvalue weighted by atomic mass is 9.98. The van der Waals surface area contributed by atoms with E-state index in [4.69, 9.17) is 4.84 Å². The van der Waals surface area contributed by atoms with Crippen molar-refractivity contribution in [3.8, 4) is 0 Å². The van der Waals surface area contributed by atoms with Gasteiger partial charge in [-0.05, 0) is 54.0 Å². The first-order valence-corrected chi connectivity index (χ1v) is 9.63. The number of rotatable bonds is 9. The molecule has 3 nitrogen and oxygen atoms in total. The molecule has 0 radical (unpaired) electrons. The highest BCUT2D eigenvalue weighted by Crippen LogP contribution is 2.17. The second-order valence-corrected chi connectivity index (χ2v) is 6.51. The van der Waals surface area contributed by atoms with Gasteiger partial charge in [0.15, 0.2) is 0 Å². The van der Waals surface area contributed by atoms with E-state index in [1.807, 2.05) is 24.3 Å². The fraction of sp³-hybridized carbons (Fsp3) is 0.391. The van der Waals surface area contributed by atoms with Crippen LogP contribution in [0.25, 0.3) is 0 Å². The minimum Gasteiger partial charge on any atom is -0.313 e. The first kappa shape index (κ1) is 19.9. The van der Waals surface area contributed by atoms with Gasteiger partial charge in [0.25, 0.3) is 0 Å². The van der Waals surface area contributed by atoms with Crippen LogP contribution in [0.3, 0.4) is 0 Å². The first-order valence-electron chi connectivity index (χ1n) is 9.63. The molecule has 0 saturated heterocycles. The van der Waals surface area contributed by atoms with E-state index in [1.54, 1.807) is 6.21 Å². The van der Waals surface area contributed by atoms with Gasteiger partial charge >= 0.3 is 5.97 Å². The molecule has 0 unspecified atom stereocenters. The Morgan fingerprint density at radius 2 is 1.65 bits per heavy atom. The average Bonchev–Trinajstić information content (AvgIpc) is 2.68. The van der Waals surface area contributed by atoms with Crippen molar-refractivity contribution in [3.63, 3.8) is 0 Å². The summed E-state index contributed by atoms with van der Waals surface area (Å²) in [4.78, 5) is 17.6. The van der Waals surface area contributed by atoms with Crippen LogP contribution in [-0.2, 0) is 24.1 Å². The summed E-state index contributed by atoms with van der Waals surface area (Å²) in [5.74, 6) is -0.388. The largest absolute Gasteiger partial charge is 0.365 e. The molecule has 0 bridgehead atoms. The number of carbonyl (C=O) groups is 1. The van der Waals surface area contributed by atoms with E-state index in [1.165, 1.54) is 11.1 Å². The summed E-state index contributed by atoms with van der Waals surface area (Å²) < 4.78 is 0. The van der Waals surface area contributed by atoms with E-state index in [0.29, 0.717) is 5.56 Å². The fourth-order valence-corrected chi connectivity index (χ4v) is 2.86. The Bertz CT molecular complexity index is 732. The third-order valence-corrected chi connectivity index (χ3v) is 4.57. The van der Waals surface area contributed by atoms with Gasteiger partial charge in [-0.1, -0.05) is 75.2 Å². The average molecular weight is 351 g/mol. The Morgan fingerprint density at radius 3 is 2.31 bits per heavy atom. The number of nitrogens with zero attached hydrogens (tertiary/aromatic N) is 1. The molecule has 0 aliphatic heterocycles. The number of carbonyl (C=O) groups excluding carboxylic acids is 1. The Labute approximate surface area is 157 Å². The highest BCUT2D eigenvalue weighted by Gasteiger charge is 2.13. The maximum absolute atomic E-state index is 12.5. The Kier molecular flexibility index (Phi) is 8.07. The highest BCUT2D eigenvalue weighted by molar-refractivity contribution is 5.91. The molecular weight excluding hydrogens is 322 g/mol. The van der Waals surface area contributed by atoms with Gasteiger partial charge in [-0.15, -0.1) is 0 Å². The van der Waals surface area contributed by atoms with Crippen molar-refractivity contribution in [3.05, 3.63) is 70.3 Å². The molecule has 0 heterocycles. The van der Waals surface area contributed by atoms with Gasteiger partial charge in [-0.25, -0.2) is 4.79 Å². The molecule has 2 rings (SSSR count). The second-order valence-electron chi connectivity index (χ2n) is 6.51. The van der Waals surface area contributed by atoms with E-state index in [2.05, 4.69) is 44.1 Å². The van der Waals surface area contributed by atoms with Crippen molar-refractivity contribution in [2.24, 2.45) is 5.16 Å². The van der Waals surface area contributed by atoms with E-state index in [-0.39, 0.29) is 5.97 Å². The van der Waals surface area contributed by atoms with Gasteiger partial charge < -0.3 is 4.84 Å². The van der Waals surface area contributed by atoms with Crippen LogP contribution in [0.5, 0.6) is 0 Å². The standard InChI is InChI=1S/C23H29NO2/c1-4-7-8-9-21-16-19(6-3)14-15-22(21)23(25)26-24-17-20-12-10-18(5-2)11-13-20/h10-17H,4-9H2,1-3H3. The second kappa shape index (κ2) is 10.5. The zero-order valence-corrected chi connectivity index (χ0v) is 16.1. The Hall–Kier alpha value is -2.42. The van der Waals surface area contributed by atoms with Crippen molar-refractivity contribution in [2.75, 3.05) is 0 Å². The minimum atomic E-state index is -0.388. The third-order valence-electron chi connectivity index (χ3n) is 4.57. The molecule has 26 heavy (non-hydrogen) atoms. The van der Waals surface area contributed by atoms with Crippen LogP contribution in [0.15, 0.2) is 47.6 Å². The van der Waals surface area contributed by atoms with Crippen LogP contribution < -0.4 is 0 Å². The lowest BCUT2D eigenvalue weighted by Gasteiger charge is -2.09. The van der Waals surface area contributed by atoms with Gasteiger partial charge in [0.1, 0.15) is 0 Å². The highest BCUT2D eigenvalue weighted by atomic mass is 16.7. The van der Waals surface area contributed by atoms with E-state index in [9.17, 15) is 4.79 Å². The zero-order chi connectivity index (χ0) is 18.8. The monoisotopic (exact) mass is 351 g/mol. The summed E-state index contributed by atoms with van der Waals surface area (Å²) >= 11 is 0. The molecule has 0 spiro atoms. The van der Waals surface area contributed by atoms with Gasteiger partial charge in [0.05, 0.1) is 11.8 Å². The number of oxime groups is 1. The van der Waals surface area contributed by atoms with Gasteiger partial charge in [-0.2, -0.15) is 0 Å². The summed E-state index contributed by atoms with van der Waals surface area (Å²) in [6.07, 6.45) is 7.84. The molecule has 0 atom stereocenters. The molecule has 0 amide bonds. The predicted molar refractivity (Wildman–Crippen MR) is 108 cm³/mol. The molecular formula is C23H29NO2. The summed E-state index contributed by atoms with van der Waals surface area (Å²) in [6.45, 7) is 6.42. The Morgan fingerprint density at radius 1 is 0.962 bits per heavy atom. The van der Waals surface area contributed by atoms with Crippen LogP contribution in [0.4, 0.5) is 0 Å². The third kappa shape index (κ3) is 5.83. The van der Waals surface area contributed by atoms with Crippen LogP contribution in [0.2, 0.25) is 0 Å². The molecule has 3 heteroatoms. The van der Waals surface area contributed by atoms with E-state index < -0.39 is 0 Å². The minimum absolute atomic E-state index is 0.388. The normalized spacial score (nSPS) is 11.0. The fourth-order valence-electron chi connectivity index (χ4n) is 2.86. The molecule has 138 valence electrons. The smallest absolute Gasteiger partial charge is 0.313 e. The molecule has 0 aromatic heterocycles. The maximum atomic E-state index is 12.5. The predicted octanol–water partition coefficient (Wildman–Crippen LogP) is 5.74. The molecule has 0 fully saturated rings. The topological polar surface area (TPSA) is 38.7 Å². The van der Waals surface area contributed by atoms with Gasteiger partial charge in [-0.3, -0.25) is 0 Å². The van der Waals surface area contributed by atoms with Crippen LogP contribution >= 0.6 is 0 Å². The molecule has 0 aliphatic rings. The van der Waals surface area contributed by atoms with Crippen molar-refractivity contribution < 1.29 is 9.63 Å². The lowest BCUT2D eigenvalue weighted by Crippen LogP contribution is -2.06. The van der Waals surface area contributed by atoms with Crippen molar-refractivity contribution >= 4 is 12.2 Å². The SMILES string of the molecule is CCCCCc1cc(CC)ccc1C(=O)ON=Cc1ccc(CC)cc1. The van der Waals surface area contributed by atoms with Gasteiger partial charge in [0, 0.05) is 0 Å². The first-order chi connectivity index (χ1) is 12.7.